The molecule has 96 valence electrons. The molecule has 0 radical (unpaired) electrons. The van der Waals surface area contributed by atoms with Crippen molar-refractivity contribution in [2.24, 2.45) is 0 Å². The molecule has 1 unspecified atom stereocenters. The van der Waals surface area contributed by atoms with Crippen LogP contribution < -0.4 is 11.1 Å². The zero-order valence-electron chi connectivity index (χ0n) is 10.3. The Kier molecular flexibility index (Phi) is 2.71. The highest BCUT2D eigenvalue weighted by molar-refractivity contribution is 5.83. The van der Waals surface area contributed by atoms with E-state index < -0.39 is 0 Å². The molecule has 2 heterocycles. The zero-order valence-corrected chi connectivity index (χ0v) is 10.3. The molecular weight excluding hydrogens is 242 g/mol. The van der Waals surface area contributed by atoms with E-state index in [9.17, 15) is 0 Å². The molecule has 0 aliphatic carbocycles. The van der Waals surface area contributed by atoms with Crippen LogP contribution in [-0.2, 0) is 0 Å². The van der Waals surface area contributed by atoms with E-state index in [2.05, 4.69) is 30.9 Å². The minimum Gasteiger partial charge on any atom is -0.399 e. The summed E-state index contributed by atoms with van der Waals surface area (Å²) < 4.78 is 0. The van der Waals surface area contributed by atoms with Gasteiger partial charge in [0.2, 0.25) is 0 Å². The molecule has 1 atom stereocenters. The maximum atomic E-state index is 5.74. The number of aromatic nitrogens is 5. The first-order valence-electron chi connectivity index (χ1n) is 5.88. The van der Waals surface area contributed by atoms with Gasteiger partial charge in [-0.25, -0.2) is 4.98 Å². The van der Waals surface area contributed by atoms with Crippen molar-refractivity contribution in [2.75, 3.05) is 11.1 Å². The third-order valence-corrected chi connectivity index (χ3v) is 2.83. The highest BCUT2D eigenvalue weighted by Gasteiger charge is 2.10. The van der Waals surface area contributed by atoms with Gasteiger partial charge in [-0.3, -0.25) is 0 Å². The topological polar surface area (TPSA) is 105 Å². The number of pyridine rings is 1. The quantitative estimate of drug-likeness (QED) is 0.612. The molecule has 0 amide bonds. The number of hydrogen-bond acceptors (Lipinski definition) is 6. The number of anilines is 2. The zero-order chi connectivity index (χ0) is 13.2. The van der Waals surface area contributed by atoms with Gasteiger partial charge in [-0.05, 0) is 37.3 Å². The minimum absolute atomic E-state index is 0.0718. The SMILES string of the molecule is CC(Nc1ccc2cc(N)ccc2n1)c1nn[nH]n1. The van der Waals surface area contributed by atoms with Crippen molar-refractivity contribution in [2.45, 2.75) is 13.0 Å². The fourth-order valence-electron chi connectivity index (χ4n) is 1.86. The molecule has 3 aromatic rings. The molecule has 3 rings (SSSR count). The summed E-state index contributed by atoms with van der Waals surface area (Å²) in [7, 11) is 0. The fraction of sp³-hybridized carbons (Fsp3) is 0.167. The lowest BCUT2D eigenvalue weighted by atomic mass is 10.2. The summed E-state index contributed by atoms with van der Waals surface area (Å²) in [5.74, 6) is 1.36. The predicted octanol–water partition coefficient (Wildman–Crippen LogP) is 1.50. The van der Waals surface area contributed by atoms with Crippen LogP contribution in [-0.4, -0.2) is 25.6 Å². The van der Waals surface area contributed by atoms with Crippen molar-refractivity contribution >= 4 is 22.4 Å². The van der Waals surface area contributed by atoms with E-state index in [-0.39, 0.29) is 6.04 Å². The maximum Gasteiger partial charge on any atom is 0.196 e. The van der Waals surface area contributed by atoms with E-state index >= 15 is 0 Å². The first kappa shape index (κ1) is 11.4. The van der Waals surface area contributed by atoms with Crippen molar-refractivity contribution in [1.29, 1.82) is 0 Å². The van der Waals surface area contributed by atoms with Crippen LogP contribution in [0.4, 0.5) is 11.5 Å². The molecule has 0 saturated heterocycles. The number of H-pyrrole nitrogens is 1. The van der Waals surface area contributed by atoms with E-state index in [1.165, 1.54) is 0 Å². The van der Waals surface area contributed by atoms with E-state index in [0.717, 1.165) is 22.4 Å². The second-order valence-electron chi connectivity index (χ2n) is 4.28. The number of nitrogen functional groups attached to an aromatic ring is 1. The van der Waals surface area contributed by atoms with Gasteiger partial charge in [-0.15, -0.1) is 10.2 Å². The van der Waals surface area contributed by atoms with Crippen molar-refractivity contribution in [3.63, 3.8) is 0 Å². The molecule has 0 fully saturated rings. The van der Waals surface area contributed by atoms with Gasteiger partial charge in [-0.1, -0.05) is 5.21 Å². The highest BCUT2D eigenvalue weighted by atomic mass is 15.5. The third kappa shape index (κ3) is 2.30. The normalized spacial score (nSPS) is 12.5. The van der Waals surface area contributed by atoms with Gasteiger partial charge in [0.1, 0.15) is 5.82 Å². The Bertz CT molecular complexity index is 692. The van der Waals surface area contributed by atoms with Crippen molar-refractivity contribution in [1.82, 2.24) is 25.6 Å². The van der Waals surface area contributed by atoms with Crippen LogP contribution in [0.5, 0.6) is 0 Å². The first-order chi connectivity index (χ1) is 9.22. The predicted molar refractivity (Wildman–Crippen MR) is 72.4 cm³/mol. The molecule has 0 bridgehead atoms. The Morgan fingerprint density at radius 2 is 2.16 bits per heavy atom. The van der Waals surface area contributed by atoms with E-state index in [1.807, 2.05) is 37.3 Å². The molecular formula is C12H13N7. The number of benzene rings is 1. The summed E-state index contributed by atoms with van der Waals surface area (Å²) in [5.41, 5.74) is 7.36. The molecule has 4 N–H and O–H groups in total. The summed E-state index contributed by atoms with van der Waals surface area (Å²) in [5, 5.41) is 18.1. The summed E-state index contributed by atoms with van der Waals surface area (Å²) in [4.78, 5) is 4.51. The number of nitrogens with two attached hydrogens (primary N) is 1. The number of tetrazole rings is 1. The minimum atomic E-state index is -0.0718. The van der Waals surface area contributed by atoms with Crippen molar-refractivity contribution in [3.05, 3.63) is 36.2 Å². The Morgan fingerprint density at radius 3 is 2.95 bits per heavy atom. The molecule has 0 spiro atoms. The number of nitrogens with zero attached hydrogens (tertiary/aromatic N) is 4. The van der Waals surface area contributed by atoms with Crippen molar-refractivity contribution in [3.8, 4) is 0 Å². The average Bonchev–Trinajstić information content (AvgIpc) is 2.93. The van der Waals surface area contributed by atoms with Gasteiger partial charge in [-0.2, -0.15) is 5.21 Å². The molecule has 7 nitrogen and oxygen atoms in total. The fourth-order valence-corrected chi connectivity index (χ4v) is 1.86. The second kappa shape index (κ2) is 4.52. The smallest absolute Gasteiger partial charge is 0.196 e. The Morgan fingerprint density at radius 1 is 1.26 bits per heavy atom. The van der Waals surface area contributed by atoms with Gasteiger partial charge in [0.25, 0.3) is 0 Å². The van der Waals surface area contributed by atoms with Gasteiger partial charge >= 0.3 is 0 Å². The number of hydrogen-bond donors (Lipinski definition) is 3. The Balaban J connectivity index is 1.87. The largest absolute Gasteiger partial charge is 0.399 e. The molecule has 2 aromatic heterocycles. The molecule has 19 heavy (non-hydrogen) atoms. The molecule has 7 heteroatoms. The van der Waals surface area contributed by atoms with Gasteiger partial charge < -0.3 is 11.1 Å². The number of nitrogens with one attached hydrogen (secondary N) is 2. The molecule has 0 aliphatic rings. The Labute approximate surface area is 109 Å². The van der Waals surface area contributed by atoms with E-state index in [1.54, 1.807) is 0 Å². The molecule has 0 aliphatic heterocycles. The van der Waals surface area contributed by atoms with Crippen LogP contribution in [0.3, 0.4) is 0 Å². The summed E-state index contributed by atoms with van der Waals surface area (Å²) in [6.45, 7) is 1.94. The summed E-state index contributed by atoms with van der Waals surface area (Å²) in [6.07, 6.45) is 0. The number of rotatable bonds is 3. The monoisotopic (exact) mass is 255 g/mol. The van der Waals surface area contributed by atoms with Crippen LogP contribution in [0.1, 0.15) is 18.8 Å². The van der Waals surface area contributed by atoms with E-state index in [0.29, 0.717) is 5.82 Å². The number of aromatic amines is 1. The van der Waals surface area contributed by atoms with Gasteiger partial charge in [0.15, 0.2) is 5.82 Å². The lowest BCUT2D eigenvalue weighted by Crippen LogP contribution is -2.09. The van der Waals surface area contributed by atoms with Crippen LogP contribution in [0, 0.1) is 0 Å². The second-order valence-corrected chi connectivity index (χ2v) is 4.28. The standard InChI is InChI=1S/C12H13N7/c1-7(12-16-18-19-17-12)14-11-5-2-8-6-9(13)3-4-10(8)15-11/h2-7H,13H2,1H3,(H,14,15)(H,16,17,18,19). The van der Waals surface area contributed by atoms with Gasteiger partial charge in [0.05, 0.1) is 11.6 Å². The van der Waals surface area contributed by atoms with Crippen LogP contribution in [0.15, 0.2) is 30.3 Å². The van der Waals surface area contributed by atoms with Crippen LogP contribution in [0.2, 0.25) is 0 Å². The highest BCUT2D eigenvalue weighted by Crippen LogP contribution is 2.20. The molecule has 0 saturated carbocycles. The molecule has 1 aromatic carbocycles. The van der Waals surface area contributed by atoms with Gasteiger partial charge in [0, 0.05) is 11.1 Å². The first-order valence-corrected chi connectivity index (χ1v) is 5.88. The van der Waals surface area contributed by atoms with Crippen LogP contribution in [0.25, 0.3) is 10.9 Å². The summed E-state index contributed by atoms with van der Waals surface area (Å²) >= 11 is 0. The van der Waals surface area contributed by atoms with E-state index in [4.69, 9.17) is 5.73 Å². The Hall–Kier alpha value is -2.70. The maximum absolute atomic E-state index is 5.74. The number of fused-ring (bicyclic) bond motifs is 1. The van der Waals surface area contributed by atoms with Crippen LogP contribution >= 0.6 is 0 Å². The summed E-state index contributed by atoms with van der Waals surface area (Å²) in [6, 6.07) is 9.44. The van der Waals surface area contributed by atoms with Crippen molar-refractivity contribution < 1.29 is 0 Å². The third-order valence-electron chi connectivity index (χ3n) is 2.83. The lowest BCUT2D eigenvalue weighted by molar-refractivity contribution is 0.789. The lowest BCUT2D eigenvalue weighted by Gasteiger charge is -2.11. The average molecular weight is 255 g/mol.